The van der Waals surface area contributed by atoms with Crippen molar-refractivity contribution in [1.82, 2.24) is 20.2 Å². The Morgan fingerprint density at radius 2 is 1.20 bits per heavy atom. The largest absolute Gasteiger partial charge is 0.221 e. The zero-order chi connectivity index (χ0) is 16.9. The number of hydrogen-bond acceptors (Lipinski definition) is 3. The Morgan fingerprint density at radius 1 is 0.680 bits per heavy atom. The van der Waals surface area contributed by atoms with Crippen LogP contribution in [0.3, 0.4) is 0 Å². The molecule has 4 aromatic rings. The topological polar surface area (TPSA) is 43.6 Å². The highest BCUT2D eigenvalue weighted by atomic mass is 31.1. The van der Waals surface area contributed by atoms with Crippen molar-refractivity contribution in [3.05, 3.63) is 96.6 Å². The zero-order valence-corrected chi connectivity index (χ0v) is 14.5. The molecule has 0 aliphatic rings. The molecule has 0 unspecified atom stereocenters. The average Bonchev–Trinajstić information content (AvgIpc) is 3.12. The van der Waals surface area contributed by atoms with E-state index in [1.54, 1.807) is 0 Å². The zero-order valence-electron chi connectivity index (χ0n) is 13.6. The van der Waals surface area contributed by atoms with Gasteiger partial charge >= 0.3 is 0 Å². The summed E-state index contributed by atoms with van der Waals surface area (Å²) in [6, 6.07) is 31.2. The summed E-state index contributed by atoms with van der Waals surface area (Å²) in [5.41, 5.74) is 2.10. The summed E-state index contributed by atoms with van der Waals surface area (Å²) in [7, 11) is -0.799. The van der Waals surface area contributed by atoms with E-state index in [0.29, 0.717) is 6.54 Å². The van der Waals surface area contributed by atoms with Crippen LogP contribution in [-0.4, -0.2) is 20.2 Å². The van der Waals surface area contributed by atoms with Gasteiger partial charge in [0.1, 0.15) is 0 Å². The first-order valence-electron chi connectivity index (χ1n) is 8.12. The van der Waals surface area contributed by atoms with E-state index in [9.17, 15) is 0 Å². The summed E-state index contributed by atoms with van der Waals surface area (Å²) in [6.07, 6.45) is 0. The number of rotatable bonds is 5. The molecule has 1 aromatic heterocycles. The van der Waals surface area contributed by atoms with E-state index < -0.39 is 7.92 Å². The molecule has 4 nitrogen and oxygen atoms in total. The van der Waals surface area contributed by atoms with Gasteiger partial charge < -0.3 is 0 Å². The first kappa shape index (κ1) is 15.7. The first-order valence-corrected chi connectivity index (χ1v) is 9.46. The van der Waals surface area contributed by atoms with E-state index in [4.69, 9.17) is 0 Å². The van der Waals surface area contributed by atoms with Gasteiger partial charge in [-0.3, -0.25) is 0 Å². The van der Waals surface area contributed by atoms with Crippen molar-refractivity contribution in [1.29, 1.82) is 0 Å². The van der Waals surface area contributed by atoms with Crippen molar-refractivity contribution >= 4 is 24.1 Å². The van der Waals surface area contributed by atoms with E-state index in [2.05, 4.69) is 76.2 Å². The summed E-state index contributed by atoms with van der Waals surface area (Å²) < 4.78 is 1.92. The van der Waals surface area contributed by atoms with Crippen LogP contribution >= 0.6 is 7.92 Å². The Labute approximate surface area is 147 Å². The molecule has 0 amide bonds. The van der Waals surface area contributed by atoms with Gasteiger partial charge in [0.2, 0.25) is 0 Å². The molecule has 0 aliphatic carbocycles. The molecule has 1 heterocycles. The van der Waals surface area contributed by atoms with Gasteiger partial charge in [0, 0.05) is 7.92 Å². The minimum absolute atomic E-state index is 0.668. The van der Waals surface area contributed by atoms with Crippen molar-refractivity contribution in [3.63, 3.8) is 0 Å². The molecule has 122 valence electrons. The number of tetrazole rings is 1. The Balaban J connectivity index is 1.78. The Bertz CT molecular complexity index is 884. The second-order valence-electron chi connectivity index (χ2n) is 5.63. The molecule has 0 spiro atoms. The molecule has 4 rings (SSSR count). The quantitative estimate of drug-likeness (QED) is 0.523. The Kier molecular flexibility index (Phi) is 4.62. The van der Waals surface area contributed by atoms with Crippen LogP contribution in [-0.2, 0) is 6.54 Å². The molecule has 0 fully saturated rings. The molecule has 5 heteroatoms. The third-order valence-corrected chi connectivity index (χ3v) is 6.27. The van der Waals surface area contributed by atoms with Gasteiger partial charge in [0.15, 0.2) is 5.57 Å². The molecule has 0 saturated carbocycles. The lowest BCUT2D eigenvalue weighted by Crippen LogP contribution is -2.28. The minimum Gasteiger partial charge on any atom is -0.221 e. The van der Waals surface area contributed by atoms with E-state index in [1.807, 2.05) is 35.0 Å². The number of aromatic nitrogens is 4. The molecule has 0 N–H and O–H groups in total. The van der Waals surface area contributed by atoms with Crippen LogP contribution in [0, 0.1) is 0 Å². The maximum atomic E-state index is 4.40. The molecule has 0 bridgehead atoms. The average molecular weight is 344 g/mol. The summed E-state index contributed by atoms with van der Waals surface area (Å²) in [6.45, 7) is 0.668. The van der Waals surface area contributed by atoms with Gasteiger partial charge in [-0.25, -0.2) is 4.68 Å². The van der Waals surface area contributed by atoms with Crippen LogP contribution in [0.15, 0.2) is 91.0 Å². The van der Waals surface area contributed by atoms with E-state index in [0.717, 1.165) is 5.57 Å². The number of benzene rings is 3. The summed E-state index contributed by atoms with van der Waals surface area (Å²) in [5.74, 6) is 0. The molecule has 0 atom stereocenters. The maximum absolute atomic E-state index is 4.40. The Hall–Kier alpha value is -2.84. The van der Waals surface area contributed by atoms with Crippen molar-refractivity contribution < 1.29 is 0 Å². The van der Waals surface area contributed by atoms with Crippen LogP contribution in [0.25, 0.3) is 0 Å². The van der Waals surface area contributed by atoms with Crippen LogP contribution in [0.2, 0.25) is 0 Å². The SMILES string of the molecule is c1ccc(Cn2nnnc2P(c2ccccc2)c2ccccc2)cc1. The van der Waals surface area contributed by atoms with Crippen LogP contribution in [0.1, 0.15) is 5.56 Å². The minimum atomic E-state index is -0.799. The molecule has 0 aliphatic heterocycles. The van der Waals surface area contributed by atoms with Crippen LogP contribution < -0.4 is 16.2 Å². The van der Waals surface area contributed by atoms with Gasteiger partial charge in [-0.15, -0.1) is 5.10 Å². The molecular formula is C20H17N4P. The lowest BCUT2D eigenvalue weighted by molar-refractivity contribution is 0.660. The second-order valence-corrected chi connectivity index (χ2v) is 7.73. The van der Waals surface area contributed by atoms with Gasteiger partial charge in [-0.2, -0.15) is 0 Å². The molecule has 0 radical (unpaired) electrons. The molecular weight excluding hydrogens is 327 g/mol. The predicted molar refractivity (Wildman–Crippen MR) is 102 cm³/mol. The standard InChI is InChI=1S/C20H17N4P/c1-4-10-17(11-5-1)16-24-20(21-22-23-24)25(18-12-6-2-7-13-18)19-14-8-3-9-15-19/h1-15H,16H2. The van der Waals surface area contributed by atoms with Gasteiger partial charge in [-0.1, -0.05) is 91.0 Å². The third kappa shape index (κ3) is 3.49. The molecule has 3 aromatic carbocycles. The number of hydrogen-bond donors (Lipinski definition) is 0. The fraction of sp³-hybridized carbons (Fsp3) is 0.0500. The van der Waals surface area contributed by atoms with Crippen LogP contribution in [0.5, 0.6) is 0 Å². The van der Waals surface area contributed by atoms with Crippen molar-refractivity contribution in [2.75, 3.05) is 0 Å². The van der Waals surface area contributed by atoms with Gasteiger partial charge in [0.05, 0.1) is 6.54 Å². The maximum Gasteiger partial charge on any atom is 0.182 e. The van der Waals surface area contributed by atoms with Gasteiger partial charge in [-0.05, 0) is 26.6 Å². The highest BCUT2D eigenvalue weighted by Crippen LogP contribution is 2.31. The first-order chi connectivity index (χ1) is 12.4. The Morgan fingerprint density at radius 3 is 1.76 bits per heavy atom. The highest BCUT2D eigenvalue weighted by molar-refractivity contribution is 7.79. The van der Waals surface area contributed by atoms with Crippen LogP contribution in [0.4, 0.5) is 0 Å². The lowest BCUT2D eigenvalue weighted by Gasteiger charge is -2.17. The van der Waals surface area contributed by atoms with Gasteiger partial charge in [0.25, 0.3) is 0 Å². The highest BCUT2D eigenvalue weighted by Gasteiger charge is 2.22. The lowest BCUT2D eigenvalue weighted by atomic mass is 10.2. The number of nitrogens with zero attached hydrogens (tertiary/aromatic N) is 4. The van der Waals surface area contributed by atoms with E-state index in [1.165, 1.54) is 16.2 Å². The predicted octanol–water partition coefficient (Wildman–Crippen LogP) is 2.48. The fourth-order valence-electron chi connectivity index (χ4n) is 2.75. The van der Waals surface area contributed by atoms with E-state index >= 15 is 0 Å². The fourth-order valence-corrected chi connectivity index (χ4v) is 4.92. The summed E-state index contributed by atoms with van der Waals surface area (Å²) in [4.78, 5) is 0. The van der Waals surface area contributed by atoms with E-state index in [-0.39, 0.29) is 0 Å². The normalized spacial score (nSPS) is 10.9. The molecule has 25 heavy (non-hydrogen) atoms. The summed E-state index contributed by atoms with van der Waals surface area (Å²) >= 11 is 0. The monoisotopic (exact) mass is 344 g/mol. The third-order valence-electron chi connectivity index (χ3n) is 3.92. The molecule has 0 saturated heterocycles. The van der Waals surface area contributed by atoms with Crippen molar-refractivity contribution in [2.24, 2.45) is 0 Å². The van der Waals surface area contributed by atoms with Crippen molar-refractivity contribution in [2.45, 2.75) is 6.54 Å². The smallest absolute Gasteiger partial charge is 0.182 e. The second kappa shape index (κ2) is 7.37. The van der Waals surface area contributed by atoms with Crippen molar-refractivity contribution in [3.8, 4) is 0 Å². The summed E-state index contributed by atoms with van der Waals surface area (Å²) in [5, 5.41) is 15.1.